The van der Waals surface area contributed by atoms with Gasteiger partial charge in [-0.3, -0.25) is 0 Å². The van der Waals surface area contributed by atoms with Crippen LogP contribution in [0.1, 0.15) is 12.0 Å². The third-order valence-electron chi connectivity index (χ3n) is 2.49. The lowest BCUT2D eigenvalue weighted by Gasteiger charge is -2.19. The zero-order valence-corrected chi connectivity index (χ0v) is 12.5. The molecule has 0 saturated carbocycles. The average molecular weight is 360 g/mol. The summed E-state index contributed by atoms with van der Waals surface area (Å²) in [5, 5.41) is 0.577. The molecular formula is C11H13BrF3NO2S. The van der Waals surface area contributed by atoms with Crippen molar-refractivity contribution in [2.24, 2.45) is 0 Å². The number of sulfonamides is 1. The van der Waals surface area contributed by atoms with Crippen molar-refractivity contribution < 1.29 is 21.6 Å². The summed E-state index contributed by atoms with van der Waals surface area (Å²) in [5.74, 6) is 0. The number of hydrogen-bond acceptors (Lipinski definition) is 2. The van der Waals surface area contributed by atoms with Crippen molar-refractivity contribution in [3.05, 3.63) is 29.8 Å². The standard InChI is InChI=1S/C11H13BrF3NO2S/c1-16(8-4-7-12)19(17,18)10-6-3-2-5-9(10)11(13,14)15/h2-3,5-6H,4,7-8H2,1H3. The molecule has 0 saturated heterocycles. The van der Waals surface area contributed by atoms with Crippen LogP contribution in [0, 0.1) is 0 Å². The maximum absolute atomic E-state index is 12.8. The second-order valence-corrected chi connectivity index (χ2v) is 6.67. The quantitative estimate of drug-likeness (QED) is 0.757. The molecule has 0 N–H and O–H groups in total. The fourth-order valence-electron chi connectivity index (χ4n) is 1.50. The van der Waals surface area contributed by atoms with Crippen LogP contribution < -0.4 is 0 Å². The normalized spacial score (nSPS) is 12.9. The first-order valence-corrected chi connectivity index (χ1v) is 7.96. The number of benzene rings is 1. The lowest BCUT2D eigenvalue weighted by Crippen LogP contribution is -2.30. The molecule has 0 aliphatic heterocycles. The Bertz CT molecular complexity index is 531. The fraction of sp³-hybridized carbons (Fsp3) is 0.455. The van der Waals surface area contributed by atoms with Crippen LogP contribution >= 0.6 is 15.9 Å². The van der Waals surface area contributed by atoms with Crippen molar-refractivity contribution in [1.82, 2.24) is 4.31 Å². The molecular weight excluding hydrogens is 347 g/mol. The van der Waals surface area contributed by atoms with Crippen LogP contribution in [-0.4, -0.2) is 31.6 Å². The van der Waals surface area contributed by atoms with E-state index in [0.717, 1.165) is 16.4 Å². The van der Waals surface area contributed by atoms with Gasteiger partial charge in [-0.1, -0.05) is 28.1 Å². The van der Waals surface area contributed by atoms with Gasteiger partial charge in [0.1, 0.15) is 0 Å². The third-order valence-corrected chi connectivity index (χ3v) is 4.96. The Hall–Kier alpha value is -0.600. The molecule has 0 amide bonds. The fourth-order valence-corrected chi connectivity index (χ4v) is 3.16. The third kappa shape index (κ3) is 3.93. The highest BCUT2D eigenvalue weighted by molar-refractivity contribution is 9.09. The first-order valence-electron chi connectivity index (χ1n) is 5.40. The molecule has 1 rings (SSSR count). The Morgan fingerprint density at radius 1 is 1.26 bits per heavy atom. The SMILES string of the molecule is CN(CCCBr)S(=O)(=O)c1ccccc1C(F)(F)F. The Morgan fingerprint density at radius 3 is 2.37 bits per heavy atom. The summed E-state index contributed by atoms with van der Waals surface area (Å²) in [6.45, 7) is 0.153. The van der Waals surface area contributed by atoms with Crippen LogP contribution in [0.25, 0.3) is 0 Å². The summed E-state index contributed by atoms with van der Waals surface area (Å²) >= 11 is 3.15. The Labute approximate surface area is 118 Å². The molecule has 0 aliphatic carbocycles. The monoisotopic (exact) mass is 359 g/mol. The van der Waals surface area contributed by atoms with Gasteiger partial charge in [0.2, 0.25) is 10.0 Å². The number of rotatable bonds is 5. The minimum Gasteiger partial charge on any atom is -0.207 e. The second kappa shape index (κ2) is 6.23. The second-order valence-electron chi connectivity index (χ2n) is 3.86. The molecule has 108 valence electrons. The van der Waals surface area contributed by atoms with Gasteiger partial charge in [-0.25, -0.2) is 12.7 Å². The van der Waals surface area contributed by atoms with E-state index in [9.17, 15) is 21.6 Å². The Kier molecular flexibility index (Phi) is 5.40. The van der Waals surface area contributed by atoms with E-state index in [1.807, 2.05) is 0 Å². The number of nitrogens with zero attached hydrogens (tertiary/aromatic N) is 1. The molecule has 0 radical (unpaired) electrons. The van der Waals surface area contributed by atoms with Gasteiger partial charge in [-0.15, -0.1) is 0 Å². The molecule has 0 spiro atoms. The van der Waals surface area contributed by atoms with Crippen molar-refractivity contribution in [3.63, 3.8) is 0 Å². The maximum Gasteiger partial charge on any atom is 0.417 e. The van der Waals surface area contributed by atoms with Crippen LogP contribution in [-0.2, 0) is 16.2 Å². The lowest BCUT2D eigenvalue weighted by atomic mass is 10.2. The van der Waals surface area contributed by atoms with E-state index < -0.39 is 26.7 Å². The van der Waals surface area contributed by atoms with Crippen LogP contribution in [0.5, 0.6) is 0 Å². The summed E-state index contributed by atoms with van der Waals surface area (Å²) in [6.07, 6.45) is -4.18. The minimum atomic E-state index is -4.69. The van der Waals surface area contributed by atoms with Crippen molar-refractivity contribution in [3.8, 4) is 0 Å². The number of halogens is 4. The van der Waals surface area contributed by atoms with Crippen LogP contribution in [0.15, 0.2) is 29.2 Å². The van der Waals surface area contributed by atoms with E-state index in [1.54, 1.807) is 0 Å². The van der Waals surface area contributed by atoms with Gasteiger partial charge in [0.15, 0.2) is 0 Å². The van der Waals surface area contributed by atoms with Gasteiger partial charge in [-0.05, 0) is 18.6 Å². The molecule has 0 bridgehead atoms. The van der Waals surface area contributed by atoms with Gasteiger partial charge in [-0.2, -0.15) is 13.2 Å². The summed E-state index contributed by atoms with van der Waals surface area (Å²) in [5.41, 5.74) is -1.14. The average Bonchev–Trinajstić information content (AvgIpc) is 2.34. The van der Waals surface area contributed by atoms with E-state index in [-0.39, 0.29) is 6.54 Å². The van der Waals surface area contributed by atoms with E-state index in [4.69, 9.17) is 0 Å². The molecule has 0 unspecified atom stereocenters. The summed E-state index contributed by atoms with van der Waals surface area (Å²) in [4.78, 5) is -0.709. The van der Waals surface area contributed by atoms with Gasteiger partial charge in [0, 0.05) is 18.9 Å². The molecule has 3 nitrogen and oxygen atoms in total. The Balaban J connectivity index is 3.22. The smallest absolute Gasteiger partial charge is 0.207 e. The largest absolute Gasteiger partial charge is 0.417 e. The molecule has 0 atom stereocenters. The van der Waals surface area contributed by atoms with Gasteiger partial charge >= 0.3 is 6.18 Å². The van der Waals surface area contributed by atoms with Crippen LogP contribution in [0.2, 0.25) is 0 Å². The zero-order valence-electron chi connectivity index (χ0n) is 10.1. The highest BCUT2D eigenvalue weighted by Crippen LogP contribution is 2.34. The molecule has 0 fully saturated rings. The highest BCUT2D eigenvalue weighted by atomic mass is 79.9. The molecule has 8 heteroatoms. The van der Waals surface area contributed by atoms with Gasteiger partial charge < -0.3 is 0 Å². The molecule has 1 aromatic rings. The van der Waals surface area contributed by atoms with E-state index in [2.05, 4.69) is 15.9 Å². The van der Waals surface area contributed by atoms with E-state index >= 15 is 0 Å². The zero-order chi connectivity index (χ0) is 14.7. The topological polar surface area (TPSA) is 37.4 Å². The summed E-state index contributed by atoms with van der Waals surface area (Å²) in [7, 11) is -2.86. The van der Waals surface area contributed by atoms with Crippen molar-refractivity contribution in [2.75, 3.05) is 18.9 Å². The Morgan fingerprint density at radius 2 is 1.84 bits per heavy atom. The van der Waals surface area contributed by atoms with Crippen molar-refractivity contribution >= 4 is 26.0 Å². The predicted molar refractivity (Wildman–Crippen MR) is 69.7 cm³/mol. The van der Waals surface area contributed by atoms with Gasteiger partial charge in [0.25, 0.3) is 0 Å². The van der Waals surface area contributed by atoms with Crippen LogP contribution in [0.3, 0.4) is 0 Å². The maximum atomic E-state index is 12.8. The first-order chi connectivity index (χ1) is 8.71. The summed E-state index contributed by atoms with van der Waals surface area (Å²) < 4.78 is 63.6. The highest BCUT2D eigenvalue weighted by Gasteiger charge is 2.37. The van der Waals surface area contributed by atoms with E-state index in [0.29, 0.717) is 11.8 Å². The predicted octanol–water partition coefficient (Wildman–Crippen LogP) is 3.11. The molecule has 0 heterocycles. The minimum absolute atomic E-state index is 0.153. The molecule has 0 aromatic heterocycles. The molecule has 1 aromatic carbocycles. The number of alkyl halides is 4. The summed E-state index contributed by atoms with van der Waals surface area (Å²) in [6, 6.07) is 4.19. The van der Waals surface area contributed by atoms with Crippen molar-refractivity contribution in [2.45, 2.75) is 17.5 Å². The molecule has 19 heavy (non-hydrogen) atoms. The van der Waals surface area contributed by atoms with Crippen LogP contribution in [0.4, 0.5) is 13.2 Å². The van der Waals surface area contributed by atoms with Gasteiger partial charge in [0.05, 0.1) is 10.5 Å². The van der Waals surface area contributed by atoms with Crippen molar-refractivity contribution in [1.29, 1.82) is 0 Å². The first kappa shape index (κ1) is 16.5. The molecule has 0 aliphatic rings. The van der Waals surface area contributed by atoms with E-state index in [1.165, 1.54) is 19.2 Å². The lowest BCUT2D eigenvalue weighted by molar-refractivity contribution is -0.139. The number of hydrogen-bond donors (Lipinski definition) is 0.